The molecule has 3 N–H and O–H groups in total. The minimum absolute atomic E-state index is 0.0668. The van der Waals surface area contributed by atoms with Crippen LogP contribution in [0.2, 0.25) is 0 Å². The van der Waals surface area contributed by atoms with E-state index in [2.05, 4.69) is 22.2 Å². The quantitative estimate of drug-likeness (QED) is 0.410. The number of aromatic nitrogens is 1. The molecule has 8 heteroatoms. The summed E-state index contributed by atoms with van der Waals surface area (Å²) in [6, 6.07) is 16.9. The molecule has 1 unspecified atom stereocenters. The maximum atomic E-state index is 12.5. The number of nitrogens with one attached hydrogen (secondary N) is 2. The van der Waals surface area contributed by atoms with E-state index in [1.165, 1.54) is 7.11 Å². The Morgan fingerprint density at radius 3 is 2.76 bits per heavy atom. The fourth-order valence-corrected chi connectivity index (χ4v) is 3.32. The number of methoxy groups -OCH3 is 2. The van der Waals surface area contributed by atoms with Crippen LogP contribution in [0.5, 0.6) is 5.75 Å². The Bertz CT molecular complexity index is 1200. The number of pyridine rings is 1. The predicted octanol–water partition coefficient (Wildman–Crippen LogP) is 3.14. The molecule has 170 valence electrons. The van der Waals surface area contributed by atoms with Gasteiger partial charge in [-0.25, -0.2) is 4.98 Å². The van der Waals surface area contributed by atoms with E-state index in [0.29, 0.717) is 23.6 Å². The van der Waals surface area contributed by atoms with Crippen LogP contribution >= 0.6 is 0 Å². The minimum Gasteiger partial charge on any atom is -0.495 e. The Labute approximate surface area is 192 Å². The molecule has 1 atom stereocenters. The lowest BCUT2D eigenvalue weighted by atomic mass is 10.0. The molecular weight excluding hydrogens is 420 g/mol. The van der Waals surface area contributed by atoms with Gasteiger partial charge in [-0.15, -0.1) is 0 Å². The summed E-state index contributed by atoms with van der Waals surface area (Å²) >= 11 is 0. The number of hydrogen-bond acceptors (Lipinski definition) is 7. The number of nitriles is 1. The SMILES string of the molecule is C=C(C#N)CNc1c(OC)ccc2ccc(-c3cccc(C(=O)NCC(O)COC)n3)cc12. The fraction of sp³-hybridized carbons (Fsp3) is 0.240. The number of hydrogen-bond donors (Lipinski definition) is 3. The Balaban J connectivity index is 1.92. The van der Waals surface area contributed by atoms with E-state index in [1.807, 2.05) is 42.5 Å². The monoisotopic (exact) mass is 446 g/mol. The molecule has 3 rings (SSSR count). The lowest BCUT2D eigenvalue weighted by Gasteiger charge is -2.15. The van der Waals surface area contributed by atoms with E-state index in [4.69, 9.17) is 14.7 Å². The number of anilines is 1. The van der Waals surface area contributed by atoms with E-state index in [-0.39, 0.29) is 24.8 Å². The van der Waals surface area contributed by atoms with Crippen molar-refractivity contribution in [1.82, 2.24) is 10.3 Å². The highest BCUT2D eigenvalue weighted by Gasteiger charge is 2.13. The summed E-state index contributed by atoms with van der Waals surface area (Å²) in [6.07, 6.45) is -0.791. The molecule has 0 fully saturated rings. The van der Waals surface area contributed by atoms with Crippen molar-refractivity contribution in [3.63, 3.8) is 0 Å². The first-order valence-electron chi connectivity index (χ1n) is 10.3. The summed E-state index contributed by atoms with van der Waals surface area (Å²) in [5, 5.41) is 26.5. The molecule has 0 saturated carbocycles. The highest BCUT2D eigenvalue weighted by atomic mass is 16.5. The van der Waals surface area contributed by atoms with Crippen molar-refractivity contribution in [3.05, 3.63) is 66.4 Å². The molecule has 0 aliphatic carbocycles. The van der Waals surface area contributed by atoms with Gasteiger partial charge < -0.3 is 25.2 Å². The third-order valence-corrected chi connectivity index (χ3v) is 4.97. The number of nitrogens with zero attached hydrogens (tertiary/aromatic N) is 2. The lowest BCUT2D eigenvalue weighted by molar-refractivity contribution is 0.0608. The smallest absolute Gasteiger partial charge is 0.269 e. The standard InChI is InChI=1S/C25H26N4O4/c1-16(12-26)13-27-24-20-11-18(8-7-17(20)9-10-23(24)33-3)21-5-4-6-22(29-21)25(31)28-14-19(30)15-32-2/h4-11,19,27,30H,1,13-15H2,2-3H3,(H,28,31). The number of aliphatic hydroxyl groups excluding tert-OH is 1. The molecular formula is C25H26N4O4. The lowest BCUT2D eigenvalue weighted by Crippen LogP contribution is -2.34. The minimum atomic E-state index is -0.791. The van der Waals surface area contributed by atoms with Crippen LogP contribution in [0.3, 0.4) is 0 Å². The molecule has 1 amide bonds. The second kappa shape index (κ2) is 11.1. The maximum absolute atomic E-state index is 12.5. The summed E-state index contributed by atoms with van der Waals surface area (Å²) in [5.74, 6) is 0.257. The van der Waals surface area contributed by atoms with Gasteiger partial charge in [0.15, 0.2) is 0 Å². The Hall–Kier alpha value is -3.93. The summed E-state index contributed by atoms with van der Waals surface area (Å²) in [7, 11) is 3.07. The van der Waals surface area contributed by atoms with Crippen molar-refractivity contribution in [2.45, 2.75) is 6.10 Å². The van der Waals surface area contributed by atoms with Crippen molar-refractivity contribution < 1.29 is 19.4 Å². The van der Waals surface area contributed by atoms with Crippen molar-refractivity contribution in [2.24, 2.45) is 0 Å². The van der Waals surface area contributed by atoms with Crippen LogP contribution in [-0.2, 0) is 4.74 Å². The van der Waals surface area contributed by atoms with Crippen molar-refractivity contribution in [2.75, 3.05) is 39.2 Å². The Morgan fingerprint density at radius 2 is 2.03 bits per heavy atom. The van der Waals surface area contributed by atoms with Crippen LogP contribution in [0.4, 0.5) is 5.69 Å². The molecule has 2 aromatic carbocycles. The zero-order valence-corrected chi connectivity index (χ0v) is 18.6. The number of benzene rings is 2. The van der Waals surface area contributed by atoms with Crippen LogP contribution in [-0.4, -0.2) is 56.0 Å². The first-order chi connectivity index (χ1) is 16.0. The van der Waals surface area contributed by atoms with Crippen molar-refractivity contribution in [1.29, 1.82) is 5.26 Å². The summed E-state index contributed by atoms with van der Waals surface area (Å²) in [4.78, 5) is 17.0. The van der Waals surface area contributed by atoms with Gasteiger partial charge in [0.05, 0.1) is 37.3 Å². The molecule has 0 spiro atoms. The molecule has 33 heavy (non-hydrogen) atoms. The van der Waals surface area contributed by atoms with Gasteiger partial charge in [-0.1, -0.05) is 30.8 Å². The summed E-state index contributed by atoms with van der Waals surface area (Å²) < 4.78 is 10.4. The van der Waals surface area contributed by atoms with Gasteiger partial charge in [0.2, 0.25) is 0 Å². The van der Waals surface area contributed by atoms with Gasteiger partial charge in [0.25, 0.3) is 5.91 Å². The van der Waals surface area contributed by atoms with Gasteiger partial charge in [0, 0.05) is 36.7 Å². The first kappa shape index (κ1) is 23.7. The summed E-state index contributed by atoms with van der Waals surface area (Å²) in [5.41, 5.74) is 2.83. The first-order valence-corrected chi connectivity index (χ1v) is 10.3. The van der Waals surface area contributed by atoms with Gasteiger partial charge >= 0.3 is 0 Å². The zero-order valence-electron chi connectivity index (χ0n) is 18.6. The molecule has 1 aromatic heterocycles. The van der Waals surface area contributed by atoms with Crippen LogP contribution in [0.25, 0.3) is 22.0 Å². The predicted molar refractivity (Wildman–Crippen MR) is 127 cm³/mol. The maximum Gasteiger partial charge on any atom is 0.269 e. The average molecular weight is 447 g/mol. The number of carbonyl (C=O) groups is 1. The van der Waals surface area contributed by atoms with Crippen LogP contribution in [0, 0.1) is 11.3 Å². The van der Waals surface area contributed by atoms with Crippen LogP contribution in [0.1, 0.15) is 10.5 Å². The van der Waals surface area contributed by atoms with Crippen molar-refractivity contribution >= 4 is 22.4 Å². The molecule has 0 bridgehead atoms. The number of aliphatic hydroxyl groups is 1. The zero-order chi connectivity index (χ0) is 23.8. The van der Waals surface area contributed by atoms with Gasteiger partial charge in [-0.2, -0.15) is 5.26 Å². The molecule has 0 radical (unpaired) electrons. The summed E-state index contributed by atoms with van der Waals surface area (Å²) in [6.45, 7) is 4.21. The highest BCUT2D eigenvalue weighted by Crippen LogP contribution is 2.35. The van der Waals surface area contributed by atoms with Crippen molar-refractivity contribution in [3.8, 4) is 23.1 Å². The Kier molecular flexibility index (Phi) is 7.97. The van der Waals surface area contributed by atoms with E-state index in [1.54, 1.807) is 19.2 Å². The number of fused-ring (bicyclic) bond motifs is 1. The largest absolute Gasteiger partial charge is 0.495 e. The number of rotatable bonds is 10. The molecule has 1 heterocycles. The van der Waals surface area contributed by atoms with E-state index in [9.17, 15) is 9.90 Å². The third-order valence-electron chi connectivity index (χ3n) is 4.97. The second-order valence-electron chi connectivity index (χ2n) is 7.37. The fourth-order valence-electron chi connectivity index (χ4n) is 3.32. The molecule has 0 aliphatic rings. The normalized spacial score (nSPS) is 11.5. The molecule has 0 saturated heterocycles. The topological polar surface area (TPSA) is 116 Å². The molecule has 3 aromatic rings. The van der Waals surface area contributed by atoms with E-state index < -0.39 is 6.10 Å². The molecule has 8 nitrogen and oxygen atoms in total. The van der Waals surface area contributed by atoms with Crippen LogP contribution in [0.15, 0.2) is 60.7 Å². The van der Waals surface area contributed by atoms with Gasteiger partial charge in [0.1, 0.15) is 11.4 Å². The molecule has 0 aliphatic heterocycles. The number of carbonyl (C=O) groups excluding carboxylic acids is 1. The van der Waals surface area contributed by atoms with Crippen LogP contribution < -0.4 is 15.4 Å². The van der Waals surface area contributed by atoms with Gasteiger partial charge in [-0.3, -0.25) is 4.79 Å². The number of ether oxygens (including phenoxy) is 2. The highest BCUT2D eigenvalue weighted by molar-refractivity contribution is 5.99. The number of amides is 1. The van der Waals surface area contributed by atoms with E-state index >= 15 is 0 Å². The third kappa shape index (κ3) is 5.86. The van der Waals surface area contributed by atoms with Gasteiger partial charge in [-0.05, 0) is 29.7 Å². The average Bonchev–Trinajstić information content (AvgIpc) is 2.85. The second-order valence-corrected chi connectivity index (χ2v) is 7.37. The Morgan fingerprint density at radius 1 is 1.24 bits per heavy atom. The van der Waals surface area contributed by atoms with E-state index in [0.717, 1.165) is 22.0 Å².